The largest absolute Gasteiger partial charge is 0.573 e. The van der Waals surface area contributed by atoms with Crippen LogP contribution in [0, 0.1) is 0 Å². The normalized spacial score (nSPS) is 13.3. The molecule has 0 aliphatic heterocycles. The van der Waals surface area contributed by atoms with Crippen molar-refractivity contribution in [3.63, 3.8) is 0 Å². The summed E-state index contributed by atoms with van der Waals surface area (Å²) in [5, 5.41) is 0. The number of alkyl halides is 12. The second kappa shape index (κ2) is 13.5. The van der Waals surface area contributed by atoms with Crippen LogP contribution in [-0.4, -0.2) is 27.7 Å². The molecule has 0 atom stereocenters. The fourth-order valence-electron chi connectivity index (χ4n) is 4.95. The van der Waals surface area contributed by atoms with Crippen LogP contribution in [0.25, 0.3) is 0 Å². The lowest BCUT2D eigenvalue weighted by atomic mass is 9.70. The highest BCUT2D eigenvalue weighted by Gasteiger charge is 2.41. The minimum absolute atomic E-state index is 0.0496. The molecule has 0 saturated heterocycles. The first kappa shape index (κ1) is 37.4. The zero-order chi connectivity index (χ0) is 36.5. The highest BCUT2D eigenvalue weighted by atomic mass is 32.2. The highest BCUT2D eigenvalue weighted by Crippen LogP contribution is 2.41. The molecule has 18 heteroatoms. The smallest absolute Gasteiger partial charge is 0.406 e. The molecule has 0 fully saturated rings. The molecule has 1 N–H and O–H groups in total. The van der Waals surface area contributed by atoms with Crippen LogP contribution in [-0.2, 0) is 34.2 Å². The van der Waals surface area contributed by atoms with E-state index in [1.54, 1.807) is 6.07 Å². The van der Waals surface area contributed by atoms with Crippen molar-refractivity contribution in [1.82, 2.24) is 4.72 Å². The molecular weight excluding hydrogens is 710 g/mol. The van der Waals surface area contributed by atoms with Gasteiger partial charge in [-0.15, -0.1) is 26.3 Å². The topological polar surface area (TPSA) is 64.6 Å². The van der Waals surface area contributed by atoms with Gasteiger partial charge in [-0.1, -0.05) is 54.6 Å². The number of ether oxygens (including phenoxy) is 2. The summed E-state index contributed by atoms with van der Waals surface area (Å²) < 4.78 is 197. The third-order valence-electron chi connectivity index (χ3n) is 7.02. The fraction of sp³-hybridized carbons (Fsp3) is 0.226. The van der Waals surface area contributed by atoms with E-state index in [1.165, 1.54) is 36.4 Å². The van der Waals surface area contributed by atoms with E-state index in [9.17, 15) is 61.1 Å². The van der Waals surface area contributed by atoms with E-state index in [0.29, 0.717) is 5.56 Å². The van der Waals surface area contributed by atoms with E-state index in [1.807, 2.05) is 4.72 Å². The maximum absolute atomic E-state index is 13.5. The van der Waals surface area contributed by atoms with Gasteiger partial charge in [0.25, 0.3) is 0 Å². The third kappa shape index (κ3) is 9.81. The van der Waals surface area contributed by atoms with Crippen molar-refractivity contribution in [3.8, 4) is 11.5 Å². The van der Waals surface area contributed by atoms with E-state index < -0.39 is 81.0 Å². The number of nitrogens with one attached hydrogen (secondary N) is 1. The standard InChI is InChI=1S/C31H21F12NO4S/c32-28(33,34)22-12-23(29(35,36)37)16-26(15-22)49(45,46)44-18-27(17-19-6-2-1-3-7-19,20-8-4-10-24(13-20)47-30(38,39)40)21-9-5-11-25(14-21)48-31(41,42)43/h1-16,44H,17-18H2. The average molecular weight is 732 g/mol. The predicted octanol–water partition coefficient (Wildman–Crippen LogP) is 9.03. The average Bonchev–Trinajstić information content (AvgIpc) is 2.97. The summed E-state index contributed by atoms with van der Waals surface area (Å²) in [6.07, 6.45) is -21.7. The summed E-state index contributed by atoms with van der Waals surface area (Å²) in [5.74, 6) is -1.67. The summed E-state index contributed by atoms with van der Waals surface area (Å²) in [7, 11) is -5.32. The monoisotopic (exact) mass is 731 g/mol. The zero-order valence-corrected chi connectivity index (χ0v) is 25.0. The highest BCUT2D eigenvalue weighted by molar-refractivity contribution is 7.89. The Morgan fingerprint density at radius 2 is 0.980 bits per heavy atom. The number of benzene rings is 4. The van der Waals surface area contributed by atoms with Crippen LogP contribution in [0.1, 0.15) is 27.8 Å². The molecule has 0 unspecified atom stereocenters. The number of hydrogen-bond acceptors (Lipinski definition) is 4. The molecule has 0 amide bonds. The Morgan fingerprint density at radius 1 is 0.531 bits per heavy atom. The van der Waals surface area contributed by atoms with Gasteiger partial charge in [0.1, 0.15) is 11.5 Å². The van der Waals surface area contributed by atoms with Crippen LogP contribution in [0.3, 0.4) is 0 Å². The zero-order valence-electron chi connectivity index (χ0n) is 24.2. The summed E-state index contributed by atoms with van der Waals surface area (Å²) in [6, 6.07) is 15.0. The van der Waals surface area contributed by atoms with Crippen molar-refractivity contribution in [1.29, 1.82) is 0 Å². The number of sulfonamides is 1. The van der Waals surface area contributed by atoms with Crippen molar-refractivity contribution in [2.75, 3.05) is 6.54 Å². The summed E-state index contributed by atoms with van der Waals surface area (Å²) >= 11 is 0. The van der Waals surface area contributed by atoms with Crippen LogP contribution >= 0.6 is 0 Å². The van der Waals surface area contributed by atoms with Crippen molar-refractivity contribution < 1.29 is 70.6 Å². The van der Waals surface area contributed by atoms with E-state index in [4.69, 9.17) is 0 Å². The molecule has 264 valence electrons. The fourth-order valence-corrected chi connectivity index (χ4v) is 6.11. The quantitative estimate of drug-likeness (QED) is 0.166. The molecule has 0 bridgehead atoms. The van der Waals surface area contributed by atoms with Gasteiger partial charge < -0.3 is 9.47 Å². The van der Waals surface area contributed by atoms with Gasteiger partial charge in [0.15, 0.2) is 0 Å². The van der Waals surface area contributed by atoms with Gasteiger partial charge in [-0.3, -0.25) is 0 Å². The minimum atomic E-state index is -5.42. The minimum Gasteiger partial charge on any atom is -0.406 e. The molecule has 0 radical (unpaired) electrons. The molecule has 4 aromatic carbocycles. The first-order valence-corrected chi connectivity index (χ1v) is 15.0. The molecule has 0 spiro atoms. The van der Waals surface area contributed by atoms with E-state index in [2.05, 4.69) is 9.47 Å². The number of rotatable bonds is 10. The number of hydrogen-bond donors (Lipinski definition) is 1. The molecule has 0 aromatic heterocycles. The Labute approximate surface area is 270 Å². The first-order valence-electron chi connectivity index (χ1n) is 13.5. The van der Waals surface area contributed by atoms with E-state index in [0.717, 1.165) is 36.4 Å². The summed E-state index contributed by atoms with van der Waals surface area (Å²) in [5.41, 5.74) is -5.99. The van der Waals surface area contributed by atoms with Crippen molar-refractivity contribution >= 4 is 10.0 Å². The van der Waals surface area contributed by atoms with Gasteiger partial charge in [0.05, 0.1) is 16.0 Å². The Kier molecular flexibility index (Phi) is 10.3. The van der Waals surface area contributed by atoms with Gasteiger partial charge in [0, 0.05) is 12.0 Å². The molecule has 0 aliphatic rings. The molecule has 0 aliphatic carbocycles. The van der Waals surface area contributed by atoms with Crippen LogP contribution in [0.15, 0.2) is 102 Å². The van der Waals surface area contributed by atoms with Gasteiger partial charge in [-0.05, 0) is 65.6 Å². The van der Waals surface area contributed by atoms with Crippen molar-refractivity contribution in [2.24, 2.45) is 0 Å². The summed E-state index contributed by atoms with van der Waals surface area (Å²) in [4.78, 5) is -1.47. The Morgan fingerprint density at radius 3 is 1.39 bits per heavy atom. The lowest BCUT2D eigenvalue weighted by Crippen LogP contribution is -2.43. The van der Waals surface area contributed by atoms with Crippen molar-refractivity contribution in [3.05, 3.63) is 125 Å². The van der Waals surface area contributed by atoms with Gasteiger partial charge in [0.2, 0.25) is 10.0 Å². The van der Waals surface area contributed by atoms with E-state index in [-0.39, 0.29) is 29.3 Å². The molecule has 4 rings (SSSR count). The van der Waals surface area contributed by atoms with Crippen LogP contribution in [0.4, 0.5) is 52.7 Å². The second-order valence-electron chi connectivity index (χ2n) is 10.5. The van der Waals surface area contributed by atoms with Gasteiger partial charge in [-0.25, -0.2) is 13.1 Å². The van der Waals surface area contributed by atoms with Crippen LogP contribution in [0.5, 0.6) is 11.5 Å². The van der Waals surface area contributed by atoms with Crippen LogP contribution in [0.2, 0.25) is 0 Å². The molecule has 49 heavy (non-hydrogen) atoms. The van der Waals surface area contributed by atoms with Crippen LogP contribution < -0.4 is 14.2 Å². The molecule has 5 nitrogen and oxygen atoms in total. The summed E-state index contributed by atoms with van der Waals surface area (Å²) in [6.45, 7) is -1.02. The first-order chi connectivity index (χ1) is 22.5. The molecular formula is C31H21F12NO4S. The predicted molar refractivity (Wildman–Crippen MR) is 149 cm³/mol. The second-order valence-corrected chi connectivity index (χ2v) is 12.2. The Bertz CT molecular complexity index is 1780. The van der Waals surface area contributed by atoms with Gasteiger partial charge >= 0.3 is 25.1 Å². The van der Waals surface area contributed by atoms with Crippen molar-refractivity contribution in [2.45, 2.75) is 41.8 Å². The lowest BCUT2D eigenvalue weighted by molar-refractivity contribution is -0.275. The molecule has 0 saturated carbocycles. The van der Waals surface area contributed by atoms with E-state index >= 15 is 0 Å². The molecule has 4 aromatic rings. The SMILES string of the molecule is O=S(=O)(NCC(Cc1ccccc1)(c1cccc(OC(F)(F)F)c1)c1cccc(OC(F)(F)F)c1)c1cc(C(F)(F)F)cc(C(F)(F)F)c1. The maximum atomic E-state index is 13.5. The third-order valence-corrected chi connectivity index (χ3v) is 8.41. The maximum Gasteiger partial charge on any atom is 0.573 e. The lowest BCUT2D eigenvalue weighted by Gasteiger charge is -2.36. The molecule has 0 heterocycles. The van der Waals surface area contributed by atoms with Gasteiger partial charge in [-0.2, -0.15) is 26.3 Å². The number of halogens is 12. The Balaban J connectivity index is 1.95. The Hall–Kier alpha value is -4.45.